The van der Waals surface area contributed by atoms with E-state index in [0.29, 0.717) is 33.4 Å². The molecule has 0 saturated heterocycles. The zero-order valence-electron chi connectivity index (χ0n) is 13.5. The van der Waals surface area contributed by atoms with Gasteiger partial charge in [-0.2, -0.15) is 5.10 Å². The number of benzene rings is 2. The predicted molar refractivity (Wildman–Crippen MR) is 92.6 cm³/mol. The van der Waals surface area contributed by atoms with Gasteiger partial charge in [0.25, 0.3) is 5.91 Å². The normalized spacial score (nSPS) is 10.5. The third kappa shape index (κ3) is 4.17. The van der Waals surface area contributed by atoms with Gasteiger partial charge in [0.2, 0.25) is 0 Å². The number of ether oxygens (including phenoxy) is 3. The predicted octanol–water partition coefficient (Wildman–Crippen LogP) is 3.13. The molecule has 1 N–H and O–H groups in total. The van der Waals surface area contributed by atoms with Crippen molar-refractivity contribution in [3.05, 3.63) is 52.5 Å². The monoisotopic (exact) mass is 348 g/mol. The van der Waals surface area contributed by atoms with E-state index in [1.807, 2.05) is 0 Å². The molecule has 0 aliphatic carbocycles. The number of amides is 1. The molecular formula is C17H17ClN2O4. The molecule has 1 amide bonds. The van der Waals surface area contributed by atoms with E-state index >= 15 is 0 Å². The maximum atomic E-state index is 12.1. The number of carbonyl (C=O) groups is 1. The first-order valence-electron chi connectivity index (χ1n) is 6.98. The summed E-state index contributed by atoms with van der Waals surface area (Å²) in [6, 6.07) is 10.0. The average molecular weight is 349 g/mol. The van der Waals surface area contributed by atoms with Crippen molar-refractivity contribution in [2.24, 2.45) is 5.10 Å². The van der Waals surface area contributed by atoms with Gasteiger partial charge in [-0.05, 0) is 24.3 Å². The first-order valence-corrected chi connectivity index (χ1v) is 7.35. The largest absolute Gasteiger partial charge is 0.497 e. The van der Waals surface area contributed by atoms with Gasteiger partial charge in [0.1, 0.15) is 5.75 Å². The molecule has 6 nitrogen and oxygen atoms in total. The molecule has 0 atom stereocenters. The van der Waals surface area contributed by atoms with Crippen LogP contribution in [0.1, 0.15) is 15.9 Å². The lowest BCUT2D eigenvalue weighted by atomic mass is 10.2. The first kappa shape index (κ1) is 17.6. The molecule has 126 valence electrons. The molecule has 24 heavy (non-hydrogen) atoms. The SMILES string of the molecule is COc1cccc(C(=O)N/N=C\c2cc(OC)c(OC)cc2Cl)c1. The molecule has 2 aromatic rings. The fourth-order valence-electron chi connectivity index (χ4n) is 1.96. The molecule has 0 unspecified atom stereocenters. The molecule has 2 rings (SSSR count). The van der Waals surface area contributed by atoms with Crippen LogP contribution in [-0.2, 0) is 0 Å². The molecule has 0 spiro atoms. The molecule has 2 aromatic carbocycles. The first-order chi connectivity index (χ1) is 11.6. The van der Waals surface area contributed by atoms with Gasteiger partial charge in [-0.3, -0.25) is 4.79 Å². The Kier molecular flexibility index (Phi) is 6.03. The second-order valence-corrected chi connectivity index (χ2v) is 5.07. The van der Waals surface area contributed by atoms with Gasteiger partial charge in [0.15, 0.2) is 11.5 Å². The van der Waals surface area contributed by atoms with Crippen molar-refractivity contribution < 1.29 is 19.0 Å². The summed E-state index contributed by atoms with van der Waals surface area (Å²) in [6.07, 6.45) is 1.43. The maximum Gasteiger partial charge on any atom is 0.271 e. The highest BCUT2D eigenvalue weighted by atomic mass is 35.5. The number of nitrogens with zero attached hydrogens (tertiary/aromatic N) is 1. The number of hydrazone groups is 1. The van der Waals surface area contributed by atoms with E-state index in [9.17, 15) is 4.79 Å². The minimum Gasteiger partial charge on any atom is -0.497 e. The van der Waals surface area contributed by atoms with Crippen molar-refractivity contribution in [1.82, 2.24) is 5.43 Å². The van der Waals surface area contributed by atoms with Crippen LogP contribution in [0.25, 0.3) is 0 Å². The summed E-state index contributed by atoms with van der Waals surface area (Å²) >= 11 is 6.15. The highest BCUT2D eigenvalue weighted by Crippen LogP contribution is 2.32. The van der Waals surface area contributed by atoms with Crippen LogP contribution in [0.15, 0.2) is 41.5 Å². The Balaban J connectivity index is 2.12. The van der Waals surface area contributed by atoms with E-state index in [4.69, 9.17) is 25.8 Å². The number of rotatable bonds is 6. The van der Waals surface area contributed by atoms with Gasteiger partial charge in [0, 0.05) is 17.2 Å². The van der Waals surface area contributed by atoms with E-state index in [-0.39, 0.29) is 5.91 Å². The van der Waals surface area contributed by atoms with Crippen LogP contribution in [0.2, 0.25) is 5.02 Å². The standard InChI is InChI=1S/C17H17ClN2O4/c1-22-13-6-4-5-11(7-13)17(21)20-19-10-12-8-15(23-2)16(24-3)9-14(12)18/h4-10H,1-3H3,(H,20,21)/b19-10-. The summed E-state index contributed by atoms with van der Waals surface area (Å²) in [4.78, 5) is 12.1. The molecular weight excluding hydrogens is 332 g/mol. The average Bonchev–Trinajstić information content (AvgIpc) is 2.62. The highest BCUT2D eigenvalue weighted by Gasteiger charge is 2.09. The topological polar surface area (TPSA) is 69.2 Å². The number of methoxy groups -OCH3 is 3. The van der Waals surface area contributed by atoms with E-state index in [1.165, 1.54) is 27.5 Å². The summed E-state index contributed by atoms with van der Waals surface area (Å²) in [5, 5.41) is 4.34. The Morgan fingerprint density at radius 3 is 2.46 bits per heavy atom. The number of hydrogen-bond donors (Lipinski definition) is 1. The highest BCUT2D eigenvalue weighted by molar-refractivity contribution is 6.33. The van der Waals surface area contributed by atoms with E-state index in [1.54, 1.807) is 36.4 Å². The fourth-order valence-corrected chi connectivity index (χ4v) is 2.16. The Labute approximate surface area is 145 Å². The van der Waals surface area contributed by atoms with Crippen LogP contribution in [0, 0.1) is 0 Å². The number of halogens is 1. The number of carbonyl (C=O) groups excluding carboxylic acids is 1. The van der Waals surface area contributed by atoms with Gasteiger partial charge < -0.3 is 14.2 Å². The molecule has 0 fully saturated rings. The molecule has 0 heterocycles. The lowest BCUT2D eigenvalue weighted by Crippen LogP contribution is -2.17. The van der Waals surface area contributed by atoms with Crippen LogP contribution < -0.4 is 19.6 Å². The molecule has 0 saturated carbocycles. The van der Waals surface area contributed by atoms with Crippen molar-refractivity contribution in [2.45, 2.75) is 0 Å². The van der Waals surface area contributed by atoms with Gasteiger partial charge in [-0.1, -0.05) is 17.7 Å². The summed E-state index contributed by atoms with van der Waals surface area (Å²) in [5.41, 5.74) is 3.45. The van der Waals surface area contributed by atoms with Crippen molar-refractivity contribution in [2.75, 3.05) is 21.3 Å². The molecule has 7 heteroatoms. The summed E-state index contributed by atoms with van der Waals surface area (Å²) in [5.74, 6) is 1.26. The third-order valence-corrected chi connectivity index (χ3v) is 3.53. The number of hydrogen-bond acceptors (Lipinski definition) is 5. The van der Waals surface area contributed by atoms with E-state index < -0.39 is 0 Å². The van der Waals surface area contributed by atoms with Crippen molar-refractivity contribution in [3.63, 3.8) is 0 Å². The quantitative estimate of drug-likeness (QED) is 0.643. The second kappa shape index (κ2) is 8.21. The van der Waals surface area contributed by atoms with Crippen LogP contribution >= 0.6 is 11.6 Å². The minimum atomic E-state index is -0.359. The lowest BCUT2D eigenvalue weighted by Gasteiger charge is -2.09. The van der Waals surface area contributed by atoms with E-state index in [0.717, 1.165) is 0 Å². The van der Waals surface area contributed by atoms with Gasteiger partial charge in [-0.25, -0.2) is 5.43 Å². The second-order valence-electron chi connectivity index (χ2n) is 4.66. The van der Waals surface area contributed by atoms with Crippen LogP contribution in [0.4, 0.5) is 0 Å². The maximum absolute atomic E-state index is 12.1. The Morgan fingerprint density at radius 1 is 1.08 bits per heavy atom. The van der Waals surface area contributed by atoms with Gasteiger partial charge >= 0.3 is 0 Å². The Morgan fingerprint density at radius 2 is 1.79 bits per heavy atom. The molecule has 0 aliphatic rings. The summed E-state index contributed by atoms with van der Waals surface area (Å²) in [6.45, 7) is 0. The van der Waals surface area contributed by atoms with Crippen LogP contribution in [-0.4, -0.2) is 33.5 Å². The van der Waals surface area contributed by atoms with E-state index in [2.05, 4.69) is 10.5 Å². The van der Waals surface area contributed by atoms with Crippen molar-refractivity contribution >= 4 is 23.7 Å². The van der Waals surface area contributed by atoms with Crippen LogP contribution in [0.5, 0.6) is 17.2 Å². The van der Waals surface area contributed by atoms with Gasteiger partial charge in [-0.15, -0.1) is 0 Å². The summed E-state index contributed by atoms with van der Waals surface area (Å²) < 4.78 is 15.4. The number of nitrogens with one attached hydrogen (secondary N) is 1. The zero-order valence-corrected chi connectivity index (χ0v) is 14.3. The lowest BCUT2D eigenvalue weighted by molar-refractivity contribution is 0.0955. The molecule has 0 bridgehead atoms. The minimum absolute atomic E-state index is 0.359. The van der Waals surface area contributed by atoms with Gasteiger partial charge in [0.05, 0.1) is 32.6 Å². The zero-order chi connectivity index (χ0) is 17.5. The fraction of sp³-hybridized carbons (Fsp3) is 0.176. The van der Waals surface area contributed by atoms with Crippen molar-refractivity contribution in [1.29, 1.82) is 0 Å². The van der Waals surface area contributed by atoms with Crippen molar-refractivity contribution in [3.8, 4) is 17.2 Å². The molecule has 0 aromatic heterocycles. The smallest absolute Gasteiger partial charge is 0.271 e. The molecule has 0 aliphatic heterocycles. The third-order valence-electron chi connectivity index (χ3n) is 3.20. The Hall–Kier alpha value is -2.73. The summed E-state index contributed by atoms with van der Waals surface area (Å²) in [7, 11) is 4.59. The Bertz CT molecular complexity index is 762. The molecule has 0 radical (unpaired) electrons. The van der Waals surface area contributed by atoms with Crippen LogP contribution in [0.3, 0.4) is 0 Å².